The molecule has 11 heteroatoms. The molecular formula is C20H13F4N5O2. The molecule has 2 N–H and O–H groups in total. The number of methoxy groups -OCH3 is 1. The van der Waals surface area contributed by atoms with Crippen molar-refractivity contribution in [2.75, 3.05) is 12.5 Å². The van der Waals surface area contributed by atoms with Gasteiger partial charge in [0, 0.05) is 11.1 Å². The first-order chi connectivity index (χ1) is 14.7. The van der Waals surface area contributed by atoms with E-state index in [9.17, 15) is 27.6 Å². The number of nitrogens with one attached hydrogen (secondary N) is 2. The second-order valence-corrected chi connectivity index (χ2v) is 6.06. The van der Waals surface area contributed by atoms with Crippen LogP contribution in [0, 0.1) is 17.1 Å². The molecule has 0 aliphatic rings. The Hall–Kier alpha value is -4.20. The van der Waals surface area contributed by atoms with Gasteiger partial charge in [0.1, 0.15) is 23.2 Å². The van der Waals surface area contributed by atoms with Crippen LogP contribution in [0.3, 0.4) is 0 Å². The first-order valence-electron chi connectivity index (χ1n) is 8.58. The number of ether oxygens (including phenoxy) is 1. The van der Waals surface area contributed by atoms with Crippen molar-refractivity contribution in [2.45, 2.75) is 6.18 Å². The number of rotatable bonds is 5. The molecule has 0 saturated carbocycles. The van der Waals surface area contributed by atoms with E-state index in [2.05, 4.69) is 20.5 Å². The van der Waals surface area contributed by atoms with Gasteiger partial charge in [0.15, 0.2) is 0 Å². The number of halogens is 4. The van der Waals surface area contributed by atoms with E-state index in [0.29, 0.717) is 11.6 Å². The monoisotopic (exact) mass is 431 g/mol. The molecule has 0 spiro atoms. The van der Waals surface area contributed by atoms with Crippen molar-refractivity contribution in [3.8, 4) is 23.1 Å². The zero-order valence-corrected chi connectivity index (χ0v) is 15.8. The number of hydrogen-bond donors (Lipinski definition) is 2. The summed E-state index contributed by atoms with van der Waals surface area (Å²) in [5.74, 6) is -1.95. The van der Waals surface area contributed by atoms with Crippen LogP contribution in [0.4, 0.5) is 23.5 Å². The van der Waals surface area contributed by atoms with Crippen molar-refractivity contribution in [2.24, 2.45) is 5.10 Å². The largest absolute Gasteiger partial charge is 0.497 e. The Balaban J connectivity index is 1.96. The smallest absolute Gasteiger partial charge is 0.419 e. The van der Waals surface area contributed by atoms with Crippen LogP contribution < -0.4 is 15.7 Å². The molecule has 3 rings (SSSR count). The van der Waals surface area contributed by atoms with Gasteiger partial charge in [0.25, 0.3) is 5.56 Å². The zero-order valence-electron chi connectivity index (χ0n) is 15.8. The normalized spacial score (nSPS) is 11.4. The highest BCUT2D eigenvalue weighted by atomic mass is 19.4. The Morgan fingerprint density at radius 1 is 1.26 bits per heavy atom. The molecule has 0 bridgehead atoms. The Kier molecular flexibility index (Phi) is 6.01. The summed E-state index contributed by atoms with van der Waals surface area (Å²) in [6.07, 6.45) is -4.15. The standard InChI is InChI=1S/C20H13F4N5O2/c1-31-13-7-12(16(21)15(8-13)20(22,23)24)10-26-29-19-27-17(11-5-3-2-4-6-11)14(9-25)18(30)28-19/h2-8,10H,1H3,(H2,27,28,29,30). The van der Waals surface area contributed by atoms with Crippen molar-refractivity contribution in [1.82, 2.24) is 9.97 Å². The Labute approximate surface area is 172 Å². The number of anilines is 1. The van der Waals surface area contributed by atoms with E-state index in [-0.39, 0.29) is 23.0 Å². The highest BCUT2D eigenvalue weighted by Gasteiger charge is 2.35. The minimum atomic E-state index is -4.93. The average molecular weight is 431 g/mol. The molecule has 0 fully saturated rings. The van der Waals surface area contributed by atoms with E-state index in [0.717, 1.165) is 19.4 Å². The van der Waals surface area contributed by atoms with E-state index in [1.54, 1.807) is 36.4 Å². The number of benzene rings is 2. The van der Waals surface area contributed by atoms with Gasteiger partial charge in [-0.05, 0) is 12.1 Å². The summed E-state index contributed by atoms with van der Waals surface area (Å²) >= 11 is 0. The molecule has 2 aromatic carbocycles. The summed E-state index contributed by atoms with van der Waals surface area (Å²) in [7, 11) is 1.14. The van der Waals surface area contributed by atoms with Gasteiger partial charge in [-0.1, -0.05) is 30.3 Å². The van der Waals surface area contributed by atoms with E-state index < -0.39 is 28.7 Å². The van der Waals surface area contributed by atoms with Crippen LogP contribution in [-0.2, 0) is 6.18 Å². The van der Waals surface area contributed by atoms with Crippen molar-refractivity contribution < 1.29 is 22.3 Å². The third kappa shape index (κ3) is 4.69. The first-order valence-corrected chi connectivity index (χ1v) is 8.58. The van der Waals surface area contributed by atoms with Crippen LogP contribution in [0.5, 0.6) is 5.75 Å². The summed E-state index contributed by atoms with van der Waals surface area (Å²) in [5, 5.41) is 12.9. The maximum Gasteiger partial charge on any atom is 0.419 e. The minimum Gasteiger partial charge on any atom is -0.497 e. The molecule has 1 aromatic heterocycles. The number of hydrogen-bond acceptors (Lipinski definition) is 6. The molecule has 0 aliphatic carbocycles. The highest BCUT2D eigenvalue weighted by molar-refractivity contribution is 5.81. The van der Waals surface area contributed by atoms with Crippen molar-refractivity contribution in [3.63, 3.8) is 0 Å². The van der Waals surface area contributed by atoms with Crippen LogP contribution in [0.1, 0.15) is 16.7 Å². The molecule has 3 aromatic rings. The van der Waals surface area contributed by atoms with Gasteiger partial charge in [0.05, 0.1) is 24.6 Å². The lowest BCUT2D eigenvalue weighted by Gasteiger charge is -2.11. The number of nitriles is 1. The van der Waals surface area contributed by atoms with E-state index in [4.69, 9.17) is 4.74 Å². The average Bonchev–Trinajstić information content (AvgIpc) is 2.74. The summed E-state index contributed by atoms with van der Waals surface area (Å²) in [6, 6.07) is 11.7. The van der Waals surface area contributed by atoms with Gasteiger partial charge in [0.2, 0.25) is 5.95 Å². The lowest BCUT2D eigenvalue weighted by molar-refractivity contribution is -0.140. The summed E-state index contributed by atoms with van der Waals surface area (Å²) < 4.78 is 58.1. The molecular weight excluding hydrogens is 418 g/mol. The Morgan fingerprint density at radius 3 is 2.58 bits per heavy atom. The topological polar surface area (TPSA) is 103 Å². The number of nitrogens with zero attached hydrogens (tertiary/aromatic N) is 3. The highest BCUT2D eigenvalue weighted by Crippen LogP contribution is 2.35. The van der Waals surface area contributed by atoms with Gasteiger partial charge in [-0.2, -0.15) is 23.5 Å². The van der Waals surface area contributed by atoms with Gasteiger partial charge >= 0.3 is 6.18 Å². The first kappa shape index (κ1) is 21.5. The lowest BCUT2D eigenvalue weighted by Crippen LogP contribution is -2.16. The number of aromatic amines is 1. The third-order valence-corrected chi connectivity index (χ3v) is 4.07. The van der Waals surface area contributed by atoms with Crippen LogP contribution in [0.2, 0.25) is 0 Å². The van der Waals surface area contributed by atoms with Crippen molar-refractivity contribution in [1.29, 1.82) is 5.26 Å². The molecule has 0 aliphatic heterocycles. The summed E-state index contributed by atoms with van der Waals surface area (Å²) in [6.45, 7) is 0. The number of alkyl halides is 3. The molecule has 7 nitrogen and oxygen atoms in total. The zero-order chi connectivity index (χ0) is 22.6. The van der Waals surface area contributed by atoms with Crippen LogP contribution in [-0.4, -0.2) is 23.3 Å². The second-order valence-electron chi connectivity index (χ2n) is 6.06. The maximum atomic E-state index is 14.3. The minimum absolute atomic E-state index is 0.0801. The fraction of sp³-hybridized carbons (Fsp3) is 0.100. The molecule has 0 radical (unpaired) electrons. The maximum absolute atomic E-state index is 14.3. The quantitative estimate of drug-likeness (QED) is 0.362. The predicted octanol–water partition coefficient (Wildman–Crippen LogP) is 3.92. The molecule has 1 heterocycles. The third-order valence-electron chi connectivity index (χ3n) is 4.07. The molecule has 0 saturated heterocycles. The van der Waals surface area contributed by atoms with Gasteiger partial charge in [-0.15, -0.1) is 0 Å². The summed E-state index contributed by atoms with van der Waals surface area (Å²) in [4.78, 5) is 18.6. The van der Waals surface area contributed by atoms with Crippen molar-refractivity contribution >= 4 is 12.2 Å². The molecule has 158 valence electrons. The molecule has 0 amide bonds. The molecule has 0 atom stereocenters. The van der Waals surface area contributed by atoms with Gasteiger partial charge in [-0.3, -0.25) is 9.78 Å². The number of hydrazone groups is 1. The van der Waals surface area contributed by atoms with Gasteiger partial charge in [-0.25, -0.2) is 14.8 Å². The molecule has 31 heavy (non-hydrogen) atoms. The second kappa shape index (κ2) is 8.66. The summed E-state index contributed by atoms with van der Waals surface area (Å²) in [5.41, 5.74) is -0.0931. The van der Waals surface area contributed by atoms with Crippen molar-refractivity contribution in [3.05, 3.63) is 75.3 Å². The van der Waals surface area contributed by atoms with E-state index in [1.165, 1.54) is 0 Å². The Bertz CT molecular complexity index is 1230. The number of aromatic nitrogens is 2. The number of H-pyrrole nitrogens is 1. The predicted molar refractivity (Wildman–Crippen MR) is 104 cm³/mol. The lowest BCUT2D eigenvalue weighted by atomic mass is 10.1. The Morgan fingerprint density at radius 2 is 1.97 bits per heavy atom. The fourth-order valence-electron chi connectivity index (χ4n) is 2.64. The van der Waals surface area contributed by atoms with E-state index in [1.807, 2.05) is 0 Å². The SMILES string of the molecule is COc1cc(C=NNc2nc(-c3ccccc3)c(C#N)c(=O)[nH]2)c(F)c(C(F)(F)F)c1. The van der Waals surface area contributed by atoms with Crippen LogP contribution >= 0.6 is 0 Å². The molecule has 0 unspecified atom stereocenters. The van der Waals surface area contributed by atoms with Crippen LogP contribution in [0.15, 0.2) is 52.4 Å². The fourth-order valence-corrected chi connectivity index (χ4v) is 2.64. The van der Waals surface area contributed by atoms with Crippen LogP contribution in [0.25, 0.3) is 11.3 Å². The van der Waals surface area contributed by atoms with Gasteiger partial charge < -0.3 is 4.74 Å². The van der Waals surface area contributed by atoms with E-state index >= 15 is 0 Å².